The molecular formula is C68H43BN2. The Morgan fingerprint density at radius 1 is 0.225 bits per heavy atom. The number of anilines is 6. The van der Waals surface area contributed by atoms with Crippen LogP contribution in [0.3, 0.4) is 0 Å². The molecule has 0 atom stereocenters. The van der Waals surface area contributed by atoms with Crippen molar-refractivity contribution in [1.29, 1.82) is 0 Å². The molecule has 0 saturated carbocycles. The Hall–Kier alpha value is -9.18. The number of hydrogen-bond acceptors (Lipinski definition) is 2. The van der Waals surface area contributed by atoms with Crippen LogP contribution in [0.2, 0.25) is 0 Å². The fourth-order valence-electron chi connectivity index (χ4n) is 12.0. The van der Waals surface area contributed by atoms with Crippen LogP contribution in [0.25, 0.3) is 87.2 Å². The van der Waals surface area contributed by atoms with Crippen molar-refractivity contribution in [2.45, 2.75) is 0 Å². The summed E-state index contributed by atoms with van der Waals surface area (Å²) >= 11 is 0. The lowest BCUT2D eigenvalue weighted by atomic mass is 9.33. The van der Waals surface area contributed by atoms with Crippen LogP contribution in [0.4, 0.5) is 34.1 Å². The van der Waals surface area contributed by atoms with E-state index in [1.165, 1.54) is 126 Å². The first-order valence-electron chi connectivity index (χ1n) is 24.7. The van der Waals surface area contributed by atoms with Gasteiger partial charge in [0.15, 0.2) is 0 Å². The van der Waals surface area contributed by atoms with E-state index in [1.807, 2.05) is 0 Å². The maximum atomic E-state index is 2.57. The van der Waals surface area contributed by atoms with Crippen molar-refractivity contribution in [3.05, 3.63) is 261 Å². The Labute approximate surface area is 413 Å². The van der Waals surface area contributed by atoms with Gasteiger partial charge in [0.25, 0.3) is 6.71 Å². The molecule has 0 saturated heterocycles. The minimum atomic E-state index is -0.0814. The Balaban J connectivity index is 1.07. The lowest BCUT2D eigenvalue weighted by Crippen LogP contribution is -2.61. The normalized spacial score (nSPS) is 12.7. The van der Waals surface area contributed by atoms with Crippen molar-refractivity contribution < 1.29 is 0 Å². The van der Waals surface area contributed by atoms with Crippen molar-refractivity contribution in [1.82, 2.24) is 0 Å². The van der Waals surface area contributed by atoms with Gasteiger partial charge in [-0.05, 0) is 158 Å². The molecule has 2 heterocycles. The molecular weight excluding hydrogens is 856 g/mol. The molecule has 0 radical (unpaired) electrons. The van der Waals surface area contributed by atoms with E-state index >= 15 is 0 Å². The largest absolute Gasteiger partial charge is 0.311 e. The molecule has 0 bridgehead atoms. The third kappa shape index (κ3) is 6.30. The molecule has 15 rings (SSSR count). The van der Waals surface area contributed by atoms with Crippen molar-refractivity contribution in [2.24, 2.45) is 0 Å². The van der Waals surface area contributed by atoms with Crippen LogP contribution in [0.1, 0.15) is 0 Å². The average molecular weight is 899 g/mol. The number of hydrogen-bond donors (Lipinski definition) is 0. The third-order valence-electron chi connectivity index (χ3n) is 15.3. The molecule has 0 spiro atoms. The van der Waals surface area contributed by atoms with Gasteiger partial charge in [0.1, 0.15) is 0 Å². The second-order valence-electron chi connectivity index (χ2n) is 19.3. The maximum absolute atomic E-state index is 2.57. The zero-order valence-electron chi connectivity index (χ0n) is 38.8. The van der Waals surface area contributed by atoms with Gasteiger partial charge in [-0.15, -0.1) is 0 Å². The molecule has 0 unspecified atom stereocenters. The molecule has 0 fully saturated rings. The molecule has 0 aromatic heterocycles. The number of rotatable bonds is 5. The molecule has 2 aliphatic heterocycles. The van der Waals surface area contributed by atoms with Gasteiger partial charge in [-0.2, -0.15) is 0 Å². The van der Waals surface area contributed by atoms with Crippen LogP contribution < -0.4 is 26.2 Å². The standard InChI is InChI=1S/C68H43BN2/c1-3-13-44(14-4-1)47-29-33-56(34-30-47)70-64-38-53-27-24-49-18-9-11-21-58(49)60(53)42-62(64)69-63-43-61-54(28-25-50-19-10-12-22-59(50)61)39-65(63)71(57-35-31-48(32-36-57)45-15-5-2-6-16-45)67-41-55(40-66(70)68(67)69)52-26-23-46-17-7-8-20-51(46)37-52/h1-43H. The minimum Gasteiger partial charge on any atom is -0.311 e. The average Bonchev–Trinajstić information content (AvgIpc) is 3.44. The summed E-state index contributed by atoms with van der Waals surface area (Å²) in [6.07, 6.45) is 0. The number of fused-ring (bicyclic) bond motifs is 11. The van der Waals surface area contributed by atoms with E-state index in [4.69, 9.17) is 0 Å². The van der Waals surface area contributed by atoms with Crippen LogP contribution >= 0.6 is 0 Å². The first-order chi connectivity index (χ1) is 35.2. The van der Waals surface area contributed by atoms with E-state index in [0.29, 0.717) is 0 Å². The quantitative estimate of drug-likeness (QED) is 0.125. The van der Waals surface area contributed by atoms with Crippen LogP contribution in [-0.2, 0) is 0 Å². The predicted octanol–water partition coefficient (Wildman–Crippen LogP) is 16.5. The fraction of sp³-hybridized carbons (Fsp3) is 0. The molecule has 13 aromatic carbocycles. The van der Waals surface area contributed by atoms with Gasteiger partial charge in [0.05, 0.1) is 0 Å². The summed E-state index contributed by atoms with van der Waals surface area (Å²) in [5, 5.41) is 12.5. The van der Waals surface area contributed by atoms with Crippen LogP contribution in [-0.4, -0.2) is 6.71 Å². The Morgan fingerprint density at radius 3 is 1.13 bits per heavy atom. The SMILES string of the molecule is c1ccc(-c2ccc(N3c4cc5ccc6ccccc6c5cc4B4c5cc6c(ccc7ccccc76)cc5N(c5ccc(-c6ccccc6)cc5)c5cc(-c6ccc7ccccc7c6)cc3c54)cc2)cc1. The third-order valence-corrected chi connectivity index (χ3v) is 15.3. The molecule has 0 amide bonds. The van der Waals surface area contributed by atoms with Gasteiger partial charge in [-0.3, -0.25) is 0 Å². The summed E-state index contributed by atoms with van der Waals surface area (Å²) in [5.74, 6) is 0. The zero-order chi connectivity index (χ0) is 46.6. The molecule has 3 heteroatoms. The van der Waals surface area contributed by atoms with E-state index in [1.54, 1.807) is 0 Å². The summed E-state index contributed by atoms with van der Waals surface area (Å²) in [5.41, 5.74) is 18.1. The summed E-state index contributed by atoms with van der Waals surface area (Å²) in [7, 11) is 0. The van der Waals surface area contributed by atoms with Gasteiger partial charge in [0, 0.05) is 34.1 Å². The number of benzene rings is 13. The van der Waals surface area contributed by atoms with Crippen LogP contribution in [0.5, 0.6) is 0 Å². The van der Waals surface area contributed by atoms with Crippen LogP contribution in [0.15, 0.2) is 261 Å². The highest BCUT2D eigenvalue weighted by molar-refractivity contribution is 7.00. The summed E-state index contributed by atoms with van der Waals surface area (Å²) in [6.45, 7) is -0.0814. The number of nitrogens with zero attached hydrogens (tertiary/aromatic N) is 2. The van der Waals surface area contributed by atoms with Crippen LogP contribution in [0, 0.1) is 0 Å². The second kappa shape index (κ2) is 15.7. The minimum absolute atomic E-state index is 0.0814. The molecule has 328 valence electrons. The van der Waals surface area contributed by atoms with E-state index < -0.39 is 0 Å². The fourth-order valence-corrected chi connectivity index (χ4v) is 12.0. The summed E-state index contributed by atoms with van der Waals surface area (Å²) < 4.78 is 0. The smallest absolute Gasteiger partial charge is 0.252 e. The van der Waals surface area contributed by atoms with Gasteiger partial charge in [-0.25, -0.2) is 0 Å². The van der Waals surface area contributed by atoms with Crippen molar-refractivity contribution in [3.8, 4) is 33.4 Å². The van der Waals surface area contributed by atoms with E-state index in [9.17, 15) is 0 Å². The first-order valence-corrected chi connectivity index (χ1v) is 24.7. The Bertz CT molecular complexity index is 4040. The highest BCUT2D eigenvalue weighted by atomic mass is 15.2. The van der Waals surface area contributed by atoms with Crippen molar-refractivity contribution in [2.75, 3.05) is 9.80 Å². The summed E-state index contributed by atoms with van der Waals surface area (Å²) in [4.78, 5) is 5.13. The lowest BCUT2D eigenvalue weighted by molar-refractivity contribution is 1.26. The Morgan fingerprint density at radius 2 is 0.620 bits per heavy atom. The first kappa shape index (κ1) is 39.8. The molecule has 0 aliphatic carbocycles. The maximum Gasteiger partial charge on any atom is 0.252 e. The highest BCUT2D eigenvalue weighted by Gasteiger charge is 2.44. The molecule has 13 aromatic rings. The van der Waals surface area contributed by atoms with Gasteiger partial charge in [-0.1, -0.05) is 206 Å². The van der Waals surface area contributed by atoms with Crippen molar-refractivity contribution >= 4 is 111 Å². The molecule has 0 N–H and O–H groups in total. The Kier molecular flexibility index (Phi) is 8.79. The predicted molar refractivity (Wildman–Crippen MR) is 304 cm³/mol. The lowest BCUT2D eigenvalue weighted by Gasteiger charge is -2.45. The monoisotopic (exact) mass is 898 g/mol. The van der Waals surface area contributed by atoms with Gasteiger partial charge < -0.3 is 9.80 Å². The second-order valence-corrected chi connectivity index (χ2v) is 19.3. The van der Waals surface area contributed by atoms with E-state index in [0.717, 1.165) is 11.4 Å². The zero-order valence-corrected chi connectivity index (χ0v) is 38.8. The topological polar surface area (TPSA) is 6.48 Å². The highest BCUT2D eigenvalue weighted by Crippen LogP contribution is 2.48. The van der Waals surface area contributed by atoms with E-state index in [-0.39, 0.29) is 6.71 Å². The van der Waals surface area contributed by atoms with Gasteiger partial charge in [0.2, 0.25) is 0 Å². The summed E-state index contributed by atoms with van der Waals surface area (Å²) in [6, 6.07) is 97.4. The van der Waals surface area contributed by atoms with Crippen molar-refractivity contribution in [3.63, 3.8) is 0 Å². The van der Waals surface area contributed by atoms with E-state index in [2.05, 4.69) is 271 Å². The molecule has 2 aliphatic rings. The van der Waals surface area contributed by atoms with Gasteiger partial charge >= 0.3 is 0 Å². The molecule has 2 nitrogen and oxygen atoms in total. The molecule has 71 heavy (non-hydrogen) atoms.